The van der Waals surface area contributed by atoms with Crippen molar-refractivity contribution >= 4 is 17.7 Å². The van der Waals surface area contributed by atoms with Crippen LogP contribution in [0.5, 0.6) is 0 Å². The van der Waals surface area contributed by atoms with Crippen molar-refractivity contribution in [1.29, 1.82) is 0 Å². The van der Waals surface area contributed by atoms with Crippen molar-refractivity contribution in [3.8, 4) is 0 Å². The van der Waals surface area contributed by atoms with Gasteiger partial charge < -0.3 is 30.1 Å². The molecule has 0 aliphatic rings. The zero-order chi connectivity index (χ0) is 31.1. The van der Waals surface area contributed by atoms with E-state index >= 15 is 0 Å². The standard InChI is InChI=1S/C31H43F2N3O6/c1-5-9-36(10-6-2)31(40)24-14-21(3)13-23(18-24)30(39)35-27(17-22-15-25(32)19-26(33)16-22)28(37)7-8-34-29(38)20-42-12-11-41-4/h13-16,18-19,27-28,37H,5-12,17,20H2,1-4H3,(H,34,38)(H,35,39)/t27-,28+/m0/s1. The number of nitrogens with zero attached hydrogens (tertiary/aromatic N) is 1. The average molecular weight is 592 g/mol. The lowest BCUT2D eigenvalue weighted by molar-refractivity contribution is -0.126. The lowest BCUT2D eigenvalue weighted by Crippen LogP contribution is -2.46. The molecule has 11 heteroatoms. The number of carbonyl (C=O) groups is 3. The molecule has 0 aliphatic carbocycles. The van der Waals surface area contributed by atoms with Gasteiger partial charge in [0.05, 0.1) is 25.4 Å². The molecule has 0 fully saturated rings. The Morgan fingerprint density at radius 3 is 2.21 bits per heavy atom. The number of halogens is 2. The molecule has 2 aromatic carbocycles. The lowest BCUT2D eigenvalue weighted by atomic mass is 9.97. The molecule has 0 saturated carbocycles. The first-order chi connectivity index (χ1) is 20.1. The van der Waals surface area contributed by atoms with Gasteiger partial charge in [-0.2, -0.15) is 0 Å². The number of hydrogen-bond donors (Lipinski definition) is 3. The highest BCUT2D eigenvalue weighted by atomic mass is 19.1. The Hall–Kier alpha value is -3.41. The molecule has 0 unspecified atom stereocenters. The summed E-state index contributed by atoms with van der Waals surface area (Å²) in [6, 6.07) is 6.92. The van der Waals surface area contributed by atoms with Crippen LogP contribution in [0.4, 0.5) is 8.78 Å². The van der Waals surface area contributed by atoms with Crippen LogP contribution in [-0.4, -0.2) is 86.4 Å². The maximum absolute atomic E-state index is 13.9. The highest BCUT2D eigenvalue weighted by Crippen LogP contribution is 2.16. The minimum absolute atomic E-state index is 0.0487. The first-order valence-electron chi connectivity index (χ1n) is 14.3. The monoisotopic (exact) mass is 591 g/mol. The van der Waals surface area contributed by atoms with Gasteiger partial charge in [-0.3, -0.25) is 14.4 Å². The van der Waals surface area contributed by atoms with E-state index < -0.39 is 29.7 Å². The molecule has 42 heavy (non-hydrogen) atoms. The van der Waals surface area contributed by atoms with E-state index in [0.717, 1.165) is 31.0 Å². The first-order valence-corrected chi connectivity index (χ1v) is 14.3. The summed E-state index contributed by atoms with van der Waals surface area (Å²) in [5.74, 6) is -2.68. The van der Waals surface area contributed by atoms with E-state index in [1.165, 1.54) is 13.2 Å². The predicted octanol–water partition coefficient (Wildman–Crippen LogP) is 3.41. The van der Waals surface area contributed by atoms with Crippen LogP contribution in [-0.2, 0) is 20.7 Å². The van der Waals surface area contributed by atoms with Gasteiger partial charge in [0.25, 0.3) is 11.8 Å². The van der Waals surface area contributed by atoms with Crippen LogP contribution in [0.3, 0.4) is 0 Å². The van der Waals surface area contributed by atoms with Crippen molar-refractivity contribution in [2.75, 3.05) is 46.6 Å². The zero-order valence-corrected chi connectivity index (χ0v) is 24.9. The zero-order valence-electron chi connectivity index (χ0n) is 24.9. The third-order valence-electron chi connectivity index (χ3n) is 6.45. The van der Waals surface area contributed by atoms with Crippen molar-refractivity contribution in [3.05, 3.63) is 70.3 Å². The average Bonchev–Trinajstić information content (AvgIpc) is 2.93. The predicted molar refractivity (Wildman–Crippen MR) is 155 cm³/mol. The van der Waals surface area contributed by atoms with Gasteiger partial charge in [-0.15, -0.1) is 0 Å². The second-order valence-electron chi connectivity index (χ2n) is 10.2. The normalized spacial score (nSPS) is 12.5. The number of ether oxygens (including phenoxy) is 2. The number of methoxy groups -OCH3 is 1. The number of benzene rings is 2. The van der Waals surface area contributed by atoms with Gasteiger partial charge in [0.15, 0.2) is 0 Å². The Kier molecular flexibility index (Phi) is 15.1. The molecule has 0 aliphatic heterocycles. The van der Waals surface area contributed by atoms with E-state index in [1.807, 2.05) is 13.8 Å². The second kappa shape index (κ2) is 18.2. The largest absolute Gasteiger partial charge is 0.391 e. The van der Waals surface area contributed by atoms with E-state index in [1.54, 1.807) is 24.0 Å². The smallest absolute Gasteiger partial charge is 0.253 e. The third kappa shape index (κ3) is 11.8. The Morgan fingerprint density at radius 2 is 1.60 bits per heavy atom. The fourth-order valence-corrected chi connectivity index (χ4v) is 4.51. The van der Waals surface area contributed by atoms with Crippen molar-refractivity contribution in [2.24, 2.45) is 0 Å². The van der Waals surface area contributed by atoms with Crippen LogP contribution in [0, 0.1) is 18.6 Å². The Labute approximate surface area is 246 Å². The molecule has 2 atom stereocenters. The fraction of sp³-hybridized carbons (Fsp3) is 0.516. The third-order valence-corrected chi connectivity index (χ3v) is 6.45. The number of carbonyl (C=O) groups excluding carboxylic acids is 3. The van der Waals surface area contributed by atoms with Gasteiger partial charge >= 0.3 is 0 Å². The number of aliphatic hydroxyl groups excluding tert-OH is 1. The summed E-state index contributed by atoms with van der Waals surface area (Å²) in [5, 5.41) is 16.4. The van der Waals surface area contributed by atoms with Gasteiger partial charge in [-0.1, -0.05) is 13.8 Å². The summed E-state index contributed by atoms with van der Waals surface area (Å²) in [5.41, 5.74) is 1.54. The van der Waals surface area contributed by atoms with Gasteiger partial charge in [-0.05, 0) is 74.1 Å². The summed E-state index contributed by atoms with van der Waals surface area (Å²) in [6.45, 7) is 7.45. The number of nitrogens with one attached hydrogen (secondary N) is 2. The minimum Gasteiger partial charge on any atom is -0.391 e. The lowest BCUT2D eigenvalue weighted by Gasteiger charge is -2.25. The van der Waals surface area contributed by atoms with Crippen LogP contribution >= 0.6 is 0 Å². The maximum Gasteiger partial charge on any atom is 0.253 e. The van der Waals surface area contributed by atoms with Gasteiger partial charge in [-0.25, -0.2) is 8.78 Å². The number of amides is 3. The van der Waals surface area contributed by atoms with Gasteiger partial charge in [0.2, 0.25) is 5.91 Å². The highest BCUT2D eigenvalue weighted by Gasteiger charge is 2.24. The van der Waals surface area contributed by atoms with E-state index in [2.05, 4.69) is 10.6 Å². The van der Waals surface area contributed by atoms with Crippen LogP contribution in [0.2, 0.25) is 0 Å². The Balaban J connectivity index is 2.20. The molecule has 9 nitrogen and oxygen atoms in total. The SMILES string of the molecule is CCCN(CCC)C(=O)c1cc(C)cc(C(=O)N[C@@H](Cc2cc(F)cc(F)c2)[C@H](O)CCNC(=O)COCCOC)c1. The molecular formula is C31H43F2N3O6. The van der Waals surface area contributed by atoms with Crippen molar-refractivity contribution in [2.45, 2.75) is 58.6 Å². The van der Waals surface area contributed by atoms with Crippen LogP contribution < -0.4 is 10.6 Å². The van der Waals surface area contributed by atoms with Crippen molar-refractivity contribution in [1.82, 2.24) is 15.5 Å². The van der Waals surface area contributed by atoms with Crippen LogP contribution in [0.15, 0.2) is 36.4 Å². The Morgan fingerprint density at radius 1 is 0.952 bits per heavy atom. The molecule has 0 radical (unpaired) electrons. The molecule has 2 aromatic rings. The van der Waals surface area contributed by atoms with Crippen molar-refractivity contribution < 1.29 is 37.7 Å². The number of rotatable bonds is 18. The maximum atomic E-state index is 13.9. The second-order valence-corrected chi connectivity index (χ2v) is 10.2. The van der Waals surface area contributed by atoms with E-state index in [-0.39, 0.29) is 55.5 Å². The molecule has 232 valence electrons. The number of aliphatic hydroxyl groups is 1. The van der Waals surface area contributed by atoms with Crippen LogP contribution in [0.25, 0.3) is 0 Å². The van der Waals surface area contributed by atoms with Crippen LogP contribution in [0.1, 0.15) is 65.0 Å². The number of aryl methyl sites for hydroxylation is 1. The van der Waals surface area contributed by atoms with Crippen molar-refractivity contribution in [3.63, 3.8) is 0 Å². The molecule has 0 saturated heterocycles. The van der Waals surface area contributed by atoms with E-state index in [4.69, 9.17) is 9.47 Å². The summed E-state index contributed by atoms with van der Waals surface area (Å²) >= 11 is 0. The molecule has 0 bridgehead atoms. The topological polar surface area (TPSA) is 117 Å². The number of hydrogen-bond acceptors (Lipinski definition) is 6. The fourth-order valence-electron chi connectivity index (χ4n) is 4.51. The molecule has 0 aromatic heterocycles. The quantitative estimate of drug-likeness (QED) is 0.229. The summed E-state index contributed by atoms with van der Waals surface area (Å²) in [4.78, 5) is 40.3. The molecule has 0 heterocycles. The van der Waals surface area contributed by atoms with Gasteiger partial charge in [0.1, 0.15) is 18.2 Å². The van der Waals surface area contributed by atoms with Gasteiger partial charge in [0, 0.05) is 43.9 Å². The first kappa shape index (κ1) is 34.8. The highest BCUT2D eigenvalue weighted by molar-refractivity contribution is 6.00. The molecule has 2 rings (SSSR count). The molecule has 3 N–H and O–H groups in total. The summed E-state index contributed by atoms with van der Waals surface area (Å²) < 4.78 is 37.8. The minimum atomic E-state index is -1.18. The Bertz CT molecular complexity index is 1150. The van der Waals surface area contributed by atoms with E-state index in [9.17, 15) is 28.3 Å². The molecule has 0 spiro atoms. The summed E-state index contributed by atoms with van der Waals surface area (Å²) in [7, 11) is 1.52. The van der Waals surface area contributed by atoms with E-state index in [0.29, 0.717) is 30.8 Å². The summed E-state index contributed by atoms with van der Waals surface area (Å²) in [6.07, 6.45) is 0.394. The molecular weight excluding hydrogens is 548 g/mol. The molecule has 3 amide bonds.